The van der Waals surface area contributed by atoms with Gasteiger partial charge in [-0.25, -0.2) is 4.39 Å². The molecule has 0 saturated carbocycles. The number of halogens is 1. The molecule has 0 aliphatic rings. The van der Waals surface area contributed by atoms with Gasteiger partial charge in [0.1, 0.15) is 5.82 Å². The molecule has 1 heterocycles. The van der Waals surface area contributed by atoms with E-state index in [0.717, 1.165) is 10.4 Å². The molecule has 4 heteroatoms. The lowest BCUT2D eigenvalue weighted by Gasteiger charge is -2.15. The van der Waals surface area contributed by atoms with Crippen LogP contribution in [0.2, 0.25) is 0 Å². The molecule has 1 atom stereocenters. The van der Waals surface area contributed by atoms with E-state index in [4.69, 9.17) is 0 Å². The SMILES string of the molecule is CNC(c1ccc(F)c(C)c1)c1cncs1. The van der Waals surface area contributed by atoms with Crippen molar-refractivity contribution in [1.82, 2.24) is 10.3 Å². The summed E-state index contributed by atoms with van der Waals surface area (Å²) in [6.07, 6.45) is 1.84. The fraction of sp³-hybridized carbons (Fsp3) is 0.250. The Morgan fingerprint density at radius 1 is 1.44 bits per heavy atom. The van der Waals surface area contributed by atoms with Crippen LogP contribution in [0.15, 0.2) is 29.9 Å². The highest BCUT2D eigenvalue weighted by molar-refractivity contribution is 7.09. The summed E-state index contributed by atoms with van der Waals surface area (Å²) in [4.78, 5) is 5.19. The minimum Gasteiger partial charge on any atom is -0.309 e. The van der Waals surface area contributed by atoms with Crippen molar-refractivity contribution < 1.29 is 4.39 Å². The molecule has 1 unspecified atom stereocenters. The quantitative estimate of drug-likeness (QED) is 0.886. The van der Waals surface area contributed by atoms with Crippen LogP contribution in [0.1, 0.15) is 22.0 Å². The lowest BCUT2D eigenvalue weighted by atomic mass is 10.0. The largest absolute Gasteiger partial charge is 0.309 e. The van der Waals surface area contributed by atoms with Crippen molar-refractivity contribution in [3.8, 4) is 0 Å². The van der Waals surface area contributed by atoms with Gasteiger partial charge in [-0.05, 0) is 31.2 Å². The number of rotatable bonds is 3. The van der Waals surface area contributed by atoms with E-state index < -0.39 is 0 Å². The van der Waals surface area contributed by atoms with E-state index >= 15 is 0 Å². The number of hydrogen-bond acceptors (Lipinski definition) is 3. The Bertz CT molecular complexity index is 468. The van der Waals surface area contributed by atoms with Crippen molar-refractivity contribution in [1.29, 1.82) is 0 Å². The van der Waals surface area contributed by atoms with E-state index in [-0.39, 0.29) is 11.9 Å². The molecule has 0 aliphatic heterocycles. The van der Waals surface area contributed by atoms with E-state index in [9.17, 15) is 4.39 Å². The van der Waals surface area contributed by atoms with Crippen LogP contribution in [0.5, 0.6) is 0 Å². The van der Waals surface area contributed by atoms with Crippen molar-refractivity contribution >= 4 is 11.3 Å². The van der Waals surface area contributed by atoms with Crippen LogP contribution in [0.3, 0.4) is 0 Å². The molecular weight excluding hydrogens is 223 g/mol. The Morgan fingerprint density at radius 2 is 2.25 bits per heavy atom. The summed E-state index contributed by atoms with van der Waals surface area (Å²) in [6.45, 7) is 1.78. The van der Waals surface area contributed by atoms with Gasteiger partial charge in [0.25, 0.3) is 0 Å². The first-order valence-electron chi connectivity index (χ1n) is 5.04. The number of nitrogens with one attached hydrogen (secondary N) is 1. The van der Waals surface area contributed by atoms with Crippen LogP contribution in [-0.2, 0) is 0 Å². The second kappa shape index (κ2) is 4.72. The predicted molar refractivity (Wildman–Crippen MR) is 64.2 cm³/mol. The molecule has 0 bridgehead atoms. The Morgan fingerprint density at radius 3 is 2.81 bits per heavy atom. The zero-order valence-corrected chi connectivity index (χ0v) is 10.0. The van der Waals surface area contributed by atoms with E-state index in [1.54, 1.807) is 23.8 Å². The van der Waals surface area contributed by atoms with Crippen LogP contribution in [0, 0.1) is 12.7 Å². The predicted octanol–water partition coefficient (Wildman–Crippen LogP) is 2.90. The molecule has 84 valence electrons. The first kappa shape index (κ1) is 11.2. The summed E-state index contributed by atoms with van der Waals surface area (Å²) >= 11 is 1.59. The fourth-order valence-corrected chi connectivity index (χ4v) is 2.44. The summed E-state index contributed by atoms with van der Waals surface area (Å²) in [5, 5.41) is 3.22. The zero-order valence-electron chi connectivity index (χ0n) is 9.20. The topological polar surface area (TPSA) is 24.9 Å². The van der Waals surface area contributed by atoms with E-state index in [0.29, 0.717) is 5.56 Å². The van der Waals surface area contributed by atoms with E-state index in [2.05, 4.69) is 10.3 Å². The lowest BCUT2D eigenvalue weighted by Crippen LogP contribution is -2.16. The Balaban J connectivity index is 2.37. The molecule has 1 aromatic carbocycles. The maximum absolute atomic E-state index is 13.2. The standard InChI is InChI=1S/C12H13FN2S/c1-8-5-9(3-4-10(8)13)12(14-2)11-6-15-7-16-11/h3-7,12,14H,1-2H3. The third kappa shape index (κ3) is 2.13. The molecular formula is C12H13FN2S. The summed E-state index contributed by atoms with van der Waals surface area (Å²) in [5.74, 6) is -0.164. The van der Waals surface area contributed by atoms with Crippen LogP contribution in [-0.4, -0.2) is 12.0 Å². The van der Waals surface area contributed by atoms with Gasteiger partial charge in [0.05, 0.1) is 11.6 Å². The van der Waals surface area contributed by atoms with Gasteiger partial charge in [0, 0.05) is 11.1 Å². The van der Waals surface area contributed by atoms with Crippen molar-refractivity contribution in [3.63, 3.8) is 0 Å². The normalized spacial score (nSPS) is 12.7. The van der Waals surface area contributed by atoms with Crippen molar-refractivity contribution in [3.05, 3.63) is 51.7 Å². The van der Waals surface area contributed by atoms with Crippen LogP contribution < -0.4 is 5.32 Å². The number of benzene rings is 1. The van der Waals surface area contributed by atoms with Crippen LogP contribution in [0.25, 0.3) is 0 Å². The Kier molecular flexibility index (Phi) is 3.31. The van der Waals surface area contributed by atoms with Crippen LogP contribution >= 0.6 is 11.3 Å². The van der Waals surface area contributed by atoms with Gasteiger partial charge in [-0.1, -0.05) is 12.1 Å². The molecule has 2 nitrogen and oxygen atoms in total. The average Bonchev–Trinajstić information content (AvgIpc) is 2.78. The molecule has 0 radical (unpaired) electrons. The first-order valence-corrected chi connectivity index (χ1v) is 5.92. The van der Waals surface area contributed by atoms with Gasteiger partial charge < -0.3 is 5.32 Å². The lowest BCUT2D eigenvalue weighted by molar-refractivity contribution is 0.614. The van der Waals surface area contributed by atoms with Gasteiger partial charge in [0.15, 0.2) is 0 Å². The smallest absolute Gasteiger partial charge is 0.126 e. The number of thiazole rings is 1. The molecule has 0 saturated heterocycles. The fourth-order valence-electron chi connectivity index (χ4n) is 1.69. The zero-order chi connectivity index (χ0) is 11.5. The summed E-state index contributed by atoms with van der Waals surface area (Å²) in [5.41, 5.74) is 3.53. The molecule has 0 spiro atoms. The molecule has 2 aromatic rings. The second-order valence-corrected chi connectivity index (χ2v) is 4.55. The maximum Gasteiger partial charge on any atom is 0.126 e. The number of aryl methyl sites for hydroxylation is 1. The molecule has 0 aliphatic carbocycles. The van der Waals surface area contributed by atoms with E-state index in [1.807, 2.05) is 25.4 Å². The molecule has 2 rings (SSSR count). The third-order valence-corrected chi connectivity index (χ3v) is 3.38. The number of aromatic nitrogens is 1. The third-order valence-electron chi connectivity index (χ3n) is 2.54. The Hall–Kier alpha value is -1.26. The Labute approximate surface area is 98.2 Å². The molecule has 16 heavy (non-hydrogen) atoms. The minimum absolute atomic E-state index is 0.0896. The van der Waals surface area contributed by atoms with Gasteiger partial charge in [-0.15, -0.1) is 11.3 Å². The van der Waals surface area contributed by atoms with Crippen molar-refractivity contribution in [2.24, 2.45) is 0 Å². The van der Waals surface area contributed by atoms with Gasteiger partial charge in [-0.3, -0.25) is 4.98 Å². The first-order chi connectivity index (χ1) is 7.72. The van der Waals surface area contributed by atoms with Crippen LogP contribution in [0.4, 0.5) is 4.39 Å². The van der Waals surface area contributed by atoms with Gasteiger partial charge in [0.2, 0.25) is 0 Å². The summed E-state index contributed by atoms with van der Waals surface area (Å²) < 4.78 is 13.2. The van der Waals surface area contributed by atoms with Gasteiger partial charge in [-0.2, -0.15) is 0 Å². The van der Waals surface area contributed by atoms with Crippen molar-refractivity contribution in [2.45, 2.75) is 13.0 Å². The monoisotopic (exact) mass is 236 g/mol. The van der Waals surface area contributed by atoms with E-state index in [1.165, 1.54) is 6.07 Å². The molecule has 1 N–H and O–H groups in total. The highest BCUT2D eigenvalue weighted by atomic mass is 32.1. The highest BCUT2D eigenvalue weighted by Crippen LogP contribution is 2.25. The highest BCUT2D eigenvalue weighted by Gasteiger charge is 2.14. The molecule has 1 aromatic heterocycles. The summed E-state index contributed by atoms with van der Waals surface area (Å²) in [7, 11) is 1.89. The molecule has 0 fully saturated rings. The number of nitrogens with zero attached hydrogens (tertiary/aromatic N) is 1. The minimum atomic E-state index is -0.164. The van der Waals surface area contributed by atoms with Crippen molar-refractivity contribution in [2.75, 3.05) is 7.05 Å². The number of hydrogen-bond donors (Lipinski definition) is 1. The molecule has 0 amide bonds. The maximum atomic E-state index is 13.2. The second-order valence-electron chi connectivity index (χ2n) is 3.63. The summed E-state index contributed by atoms with van der Waals surface area (Å²) in [6, 6.07) is 5.28. The van der Waals surface area contributed by atoms with Gasteiger partial charge >= 0.3 is 0 Å². The average molecular weight is 236 g/mol.